The van der Waals surface area contributed by atoms with Crippen molar-refractivity contribution in [2.45, 2.75) is 13.5 Å². The van der Waals surface area contributed by atoms with E-state index in [9.17, 15) is 4.79 Å². The van der Waals surface area contributed by atoms with Crippen LogP contribution in [0.4, 0.5) is 0 Å². The molecule has 0 fully saturated rings. The molecule has 0 radical (unpaired) electrons. The van der Waals surface area contributed by atoms with Crippen LogP contribution in [0.1, 0.15) is 20.8 Å². The number of carbonyl (C=O) groups is 1. The van der Waals surface area contributed by atoms with Crippen molar-refractivity contribution in [3.63, 3.8) is 0 Å². The molecule has 4 aromatic rings. The minimum atomic E-state index is -0.0814. The number of thiophene rings is 1. The number of benzene rings is 1. The molecule has 0 atom stereocenters. The van der Waals surface area contributed by atoms with Crippen LogP contribution < -0.4 is 5.32 Å². The van der Waals surface area contributed by atoms with Gasteiger partial charge in [0.15, 0.2) is 0 Å². The maximum Gasteiger partial charge on any atom is 0.261 e. The Morgan fingerprint density at radius 3 is 2.92 bits per heavy atom. The maximum absolute atomic E-state index is 12.4. The summed E-state index contributed by atoms with van der Waals surface area (Å²) in [4.78, 5) is 22.7. The Morgan fingerprint density at radius 2 is 2.08 bits per heavy atom. The summed E-state index contributed by atoms with van der Waals surface area (Å²) in [7, 11) is 0. The quantitative estimate of drug-likeness (QED) is 0.614. The lowest BCUT2D eigenvalue weighted by Gasteiger charge is -2.02. The van der Waals surface area contributed by atoms with Gasteiger partial charge in [0, 0.05) is 29.7 Å². The minimum Gasteiger partial charge on any atom is -0.347 e. The first kappa shape index (κ1) is 14.8. The van der Waals surface area contributed by atoms with E-state index < -0.39 is 0 Å². The van der Waals surface area contributed by atoms with E-state index >= 15 is 0 Å². The molecule has 1 amide bonds. The van der Waals surface area contributed by atoms with Crippen molar-refractivity contribution in [1.29, 1.82) is 0 Å². The Morgan fingerprint density at radius 1 is 1.17 bits per heavy atom. The van der Waals surface area contributed by atoms with Crippen molar-refractivity contribution in [1.82, 2.24) is 15.3 Å². The summed E-state index contributed by atoms with van der Waals surface area (Å²) in [6.07, 6.45) is 3.47. The van der Waals surface area contributed by atoms with Crippen LogP contribution in [-0.2, 0) is 6.54 Å². The third kappa shape index (κ3) is 2.86. The fourth-order valence-corrected chi connectivity index (χ4v) is 3.56. The zero-order chi connectivity index (χ0) is 16.5. The Balaban J connectivity index is 1.62. The Labute approximate surface area is 143 Å². The number of nitrogens with one attached hydrogen (secondary N) is 1. The topological polar surface area (TPSA) is 54.9 Å². The molecule has 0 aliphatic rings. The monoisotopic (exact) mass is 333 g/mol. The smallest absolute Gasteiger partial charge is 0.261 e. The standard InChI is InChI=1S/C19H15N3OS/c1-12-4-5-14-8-15-9-17(24-19(15)22-16(14)7-12)18(23)21-11-13-3-2-6-20-10-13/h2-10H,11H2,1H3,(H,21,23). The SMILES string of the molecule is Cc1ccc2cc3cc(C(=O)NCc4cccnc4)sc3nc2c1. The fourth-order valence-electron chi connectivity index (χ4n) is 2.62. The zero-order valence-corrected chi connectivity index (χ0v) is 13.9. The molecular weight excluding hydrogens is 318 g/mol. The van der Waals surface area contributed by atoms with Crippen LogP contribution in [0.15, 0.2) is 54.9 Å². The van der Waals surface area contributed by atoms with Crippen LogP contribution >= 0.6 is 11.3 Å². The van der Waals surface area contributed by atoms with Gasteiger partial charge in [-0.25, -0.2) is 4.98 Å². The van der Waals surface area contributed by atoms with E-state index in [1.54, 1.807) is 12.4 Å². The maximum atomic E-state index is 12.4. The number of amides is 1. The highest BCUT2D eigenvalue weighted by molar-refractivity contribution is 7.20. The number of hydrogen-bond donors (Lipinski definition) is 1. The van der Waals surface area contributed by atoms with Crippen LogP contribution in [0.25, 0.3) is 21.1 Å². The third-order valence-electron chi connectivity index (χ3n) is 3.86. The van der Waals surface area contributed by atoms with Gasteiger partial charge in [0.2, 0.25) is 0 Å². The van der Waals surface area contributed by atoms with Gasteiger partial charge in [-0.3, -0.25) is 9.78 Å². The highest BCUT2D eigenvalue weighted by Gasteiger charge is 2.12. The Kier molecular flexibility index (Phi) is 3.70. The fraction of sp³-hybridized carbons (Fsp3) is 0.105. The molecule has 0 bridgehead atoms. The molecule has 0 aliphatic carbocycles. The summed E-state index contributed by atoms with van der Waals surface area (Å²) >= 11 is 1.42. The van der Waals surface area contributed by atoms with Crippen LogP contribution in [0.5, 0.6) is 0 Å². The van der Waals surface area contributed by atoms with Gasteiger partial charge < -0.3 is 5.32 Å². The van der Waals surface area contributed by atoms with Gasteiger partial charge >= 0.3 is 0 Å². The second-order valence-corrected chi connectivity index (χ2v) is 6.76. The van der Waals surface area contributed by atoms with Crippen molar-refractivity contribution < 1.29 is 4.79 Å². The van der Waals surface area contributed by atoms with Crippen molar-refractivity contribution >= 4 is 38.4 Å². The molecule has 118 valence electrons. The summed E-state index contributed by atoms with van der Waals surface area (Å²) < 4.78 is 0. The van der Waals surface area contributed by atoms with Crippen molar-refractivity contribution in [2.75, 3.05) is 0 Å². The van der Waals surface area contributed by atoms with Crippen LogP contribution in [0.2, 0.25) is 0 Å². The summed E-state index contributed by atoms with van der Waals surface area (Å²) in [6.45, 7) is 2.52. The summed E-state index contributed by atoms with van der Waals surface area (Å²) in [5.74, 6) is -0.0814. The van der Waals surface area contributed by atoms with Gasteiger partial charge in [-0.1, -0.05) is 18.2 Å². The van der Waals surface area contributed by atoms with Crippen LogP contribution in [0, 0.1) is 6.92 Å². The van der Waals surface area contributed by atoms with E-state index in [0.29, 0.717) is 11.4 Å². The number of pyridine rings is 2. The van der Waals surface area contributed by atoms with E-state index in [0.717, 1.165) is 26.7 Å². The number of carbonyl (C=O) groups excluding carboxylic acids is 1. The van der Waals surface area contributed by atoms with E-state index in [1.807, 2.05) is 18.2 Å². The molecule has 4 nitrogen and oxygen atoms in total. The molecule has 0 spiro atoms. The normalized spacial score (nSPS) is 11.0. The van der Waals surface area contributed by atoms with E-state index in [4.69, 9.17) is 0 Å². The molecule has 3 heterocycles. The summed E-state index contributed by atoms with van der Waals surface area (Å²) in [6, 6.07) is 14.0. The molecule has 0 aliphatic heterocycles. The minimum absolute atomic E-state index is 0.0814. The van der Waals surface area contributed by atoms with E-state index in [-0.39, 0.29) is 5.91 Å². The van der Waals surface area contributed by atoms with Gasteiger partial charge in [0.1, 0.15) is 4.83 Å². The number of aryl methyl sites for hydroxylation is 1. The lowest BCUT2D eigenvalue weighted by Crippen LogP contribution is -2.21. The van der Waals surface area contributed by atoms with Crippen molar-refractivity contribution in [3.05, 3.63) is 70.9 Å². The number of fused-ring (bicyclic) bond motifs is 2. The highest BCUT2D eigenvalue weighted by Crippen LogP contribution is 2.27. The molecule has 3 aromatic heterocycles. The first-order valence-corrected chi connectivity index (χ1v) is 8.49. The zero-order valence-electron chi connectivity index (χ0n) is 13.1. The molecule has 1 N–H and O–H groups in total. The number of aromatic nitrogens is 2. The Hall–Kier alpha value is -2.79. The molecule has 0 unspecified atom stereocenters. The van der Waals surface area contributed by atoms with Crippen LogP contribution in [-0.4, -0.2) is 15.9 Å². The number of rotatable bonds is 3. The predicted octanol–water partition coefficient (Wildman–Crippen LogP) is 4.08. The molecular formula is C19H15N3OS. The van der Waals surface area contributed by atoms with Gasteiger partial charge in [-0.15, -0.1) is 11.3 Å². The number of nitrogens with zero attached hydrogens (tertiary/aromatic N) is 2. The largest absolute Gasteiger partial charge is 0.347 e. The van der Waals surface area contributed by atoms with Crippen molar-refractivity contribution in [2.24, 2.45) is 0 Å². The highest BCUT2D eigenvalue weighted by atomic mass is 32.1. The van der Waals surface area contributed by atoms with Gasteiger partial charge in [0.05, 0.1) is 10.4 Å². The molecule has 0 saturated carbocycles. The Bertz CT molecular complexity index is 1040. The second-order valence-electron chi connectivity index (χ2n) is 5.73. The summed E-state index contributed by atoms with van der Waals surface area (Å²) in [5.41, 5.74) is 3.12. The van der Waals surface area contributed by atoms with Crippen molar-refractivity contribution in [3.8, 4) is 0 Å². The number of hydrogen-bond acceptors (Lipinski definition) is 4. The predicted molar refractivity (Wildman–Crippen MR) is 97.3 cm³/mol. The average molecular weight is 333 g/mol. The first-order valence-electron chi connectivity index (χ1n) is 7.67. The second kappa shape index (κ2) is 6.02. The lowest BCUT2D eigenvalue weighted by molar-refractivity contribution is 0.0955. The average Bonchev–Trinajstić information content (AvgIpc) is 3.01. The summed E-state index contributed by atoms with van der Waals surface area (Å²) in [5, 5.41) is 5.02. The van der Waals surface area contributed by atoms with E-state index in [1.165, 1.54) is 16.9 Å². The van der Waals surface area contributed by atoms with Gasteiger partial charge in [-0.2, -0.15) is 0 Å². The van der Waals surface area contributed by atoms with Crippen LogP contribution in [0.3, 0.4) is 0 Å². The third-order valence-corrected chi connectivity index (χ3v) is 4.90. The molecule has 5 heteroatoms. The molecule has 4 rings (SSSR count). The molecule has 1 aromatic carbocycles. The first-order chi connectivity index (χ1) is 11.7. The molecule has 0 saturated heterocycles. The van der Waals surface area contributed by atoms with Gasteiger partial charge in [-0.05, 0) is 42.3 Å². The molecule has 24 heavy (non-hydrogen) atoms. The lowest BCUT2D eigenvalue weighted by atomic mass is 10.1. The van der Waals surface area contributed by atoms with E-state index in [2.05, 4.69) is 46.5 Å². The van der Waals surface area contributed by atoms with Gasteiger partial charge in [0.25, 0.3) is 5.91 Å².